The molecule has 2 atom stereocenters. The highest BCUT2D eigenvalue weighted by atomic mass is 32.2. The normalized spacial score (nSPS) is 32.4. The van der Waals surface area contributed by atoms with E-state index >= 15 is 0 Å². The van der Waals surface area contributed by atoms with Gasteiger partial charge in [-0.15, -0.1) is 0 Å². The van der Waals surface area contributed by atoms with E-state index in [9.17, 15) is 0 Å². The third-order valence-corrected chi connectivity index (χ3v) is 6.13. The van der Waals surface area contributed by atoms with Gasteiger partial charge in [0.15, 0.2) is 0 Å². The molecule has 0 aromatic rings. The molecule has 3 heteroatoms. The number of piperidine rings is 1. The number of nitrogens with zero attached hydrogens (tertiary/aromatic N) is 1. The summed E-state index contributed by atoms with van der Waals surface area (Å²) < 4.78 is 0. The summed E-state index contributed by atoms with van der Waals surface area (Å²) in [4.78, 5) is 2.69. The van der Waals surface area contributed by atoms with Crippen molar-refractivity contribution in [3.05, 3.63) is 0 Å². The Morgan fingerprint density at radius 3 is 2.89 bits per heavy atom. The topological polar surface area (TPSA) is 15.3 Å². The highest BCUT2D eigenvalue weighted by Gasteiger charge is 2.31. The van der Waals surface area contributed by atoms with Crippen LogP contribution in [0.1, 0.15) is 52.9 Å². The molecule has 112 valence electrons. The van der Waals surface area contributed by atoms with Gasteiger partial charge >= 0.3 is 0 Å². The minimum atomic E-state index is 0.490. The Kier molecular flexibility index (Phi) is 6.04. The van der Waals surface area contributed by atoms with Crippen LogP contribution in [0.25, 0.3) is 0 Å². The largest absolute Gasteiger partial charge is 0.313 e. The Labute approximate surface area is 124 Å². The number of hydrogen-bond donors (Lipinski definition) is 1. The van der Waals surface area contributed by atoms with E-state index in [1.807, 2.05) is 0 Å². The molecular formula is C16H32N2S. The van der Waals surface area contributed by atoms with Crippen LogP contribution in [0, 0.1) is 5.41 Å². The molecule has 0 aromatic carbocycles. The van der Waals surface area contributed by atoms with E-state index in [1.165, 1.54) is 63.2 Å². The molecule has 1 N–H and O–H groups in total. The summed E-state index contributed by atoms with van der Waals surface area (Å²) in [5.41, 5.74) is 0.490. The maximum Gasteiger partial charge on any atom is 0.0209 e. The second-order valence-corrected chi connectivity index (χ2v) is 8.20. The van der Waals surface area contributed by atoms with E-state index in [-0.39, 0.29) is 0 Å². The van der Waals surface area contributed by atoms with Crippen molar-refractivity contribution in [1.82, 2.24) is 10.2 Å². The van der Waals surface area contributed by atoms with Crippen LogP contribution in [0.3, 0.4) is 0 Å². The second kappa shape index (κ2) is 7.33. The highest BCUT2D eigenvalue weighted by Crippen LogP contribution is 2.34. The van der Waals surface area contributed by atoms with E-state index in [4.69, 9.17) is 0 Å². The van der Waals surface area contributed by atoms with Gasteiger partial charge in [0.05, 0.1) is 0 Å². The molecule has 0 saturated carbocycles. The van der Waals surface area contributed by atoms with Gasteiger partial charge in [-0.3, -0.25) is 0 Å². The summed E-state index contributed by atoms with van der Waals surface area (Å²) in [6, 6.07) is 1.53. The van der Waals surface area contributed by atoms with Crippen LogP contribution >= 0.6 is 11.8 Å². The molecule has 2 saturated heterocycles. The number of nitrogens with one attached hydrogen (secondary N) is 1. The quantitative estimate of drug-likeness (QED) is 0.779. The molecule has 2 fully saturated rings. The summed E-state index contributed by atoms with van der Waals surface area (Å²) in [5, 5.41) is 3.82. The molecule has 0 aromatic heterocycles. The highest BCUT2D eigenvalue weighted by molar-refractivity contribution is 7.99. The zero-order valence-electron chi connectivity index (χ0n) is 13.1. The number of likely N-dealkylation sites (tertiary alicyclic amines) is 1. The Morgan fingerprint density at radius 1 is 1.32 bits per heavy atom. The van der Waals surface area contributed by atoms with Gasteiger partial charge in [-0.25, -0.2) is 0 Å². The minimum absolute atomic E-state index is 0.490. The Morgan fingerprint density at radius 2 is 2.16 bits per heavy atom. The molecule has 0 spiro atoms. The van der Waals surface area contributed by atoms with Gasteiger partial charge in [0.2, 0.25) is 0 Å². The lowest BCUT2D eigenvalue weighted by molar-refractivity contribution is 0.156. The van der Waals surface area contributed by atoms with E-state index in [2.05, 4.69) is 42.7 Å². The second-order valence-electron chi connectivity index (χ2n) is 7.05. The molecule has 2 unspecified atom stereocenters. The van der Waals surface area contributed by atoms with Crippen molar-refractivity contribution in [2.45, 2.75) is 65.0 Å². The summed E-state index contributed by atoms with van der Waals surface area (Å²) in [7, 11) is 0. The monoisotopic (exact) mass is 284 g/mol. The molecule has 0 radical (unpaired) electrons. The molecule has 19 heavy (non-hydrogen) atoms. The lowest BCUT2D eigenvalue weighted by atomic mass is 9.82. The van der Waals surface area contributed by atoms with Gasteiger partial charge in [0, 0.05) is 17.8 Å². The van der Waals surface area contributed by atoms with Gasteiger partial charge in [-0.1, -0.05) is 20.3 Å². The van der Waals surface area contributed by atoms with Crippen LogP contribution in [0.2, 0.25) is 0 Å². The standard InChI is InChI=1S/C16H32N2S/c1-14-7-4-5-10-18(14)11-6-9-17-15-13-19-12-8-16(15,2)3/h14-15,17H,4-13H2,1-3H3. The van der Waals surface area contributed by atoms with Crippen molar-refractivity contribution in [3.63, 3.8) is 0 Å². The molecule has 0 aliphatic carbocycles. The third kappa shape index (κ3) is 4.64. The predicted octanol–water partition coefficient (Wildman–Crippen LogP) is 3.37. The Bertz CT molecular complexity index is 267. The summed E-state index contributed by atoms with van der Waals surface area (Å²) in [5.74, 6) is 2.64. The van der Waals surface area contributed by atoms with E-state index < -0.39 is 0 Å². The zero-order chi connectivity index (χ0) is 13.7. The first-order valence-electron chi connectivity index (χ1n) is 8.15. The fourth-order valence-corrected chi connectivity index (χ4v) is 4.96. The minimum Gasteiger partial charge on any atom is -0.313 e. The maximum absolute atomic E-state index is 3.82. The van der Waals surface area contributed by atoms with Gasteiger partial charge in [-0.05, 0) is 63.4 Å². The van der Waals surface area contributed by atoms with Crippen molar-refractivity contribution < 1.29 is 0 Å². The first-order chi connectivity index (χ1) is 9.09. The lowest BCUT2D eigenvalue weighted by Crippen LogP contribution is -2.47. The van der Waals surface area contributed by atoms with E-state index in [0.717, 1.165) is 6.04 Å². The maximum atomic E-state index is 3.82. The van der Waals surface area contributed by atoms with E-state index in [0.29, 0.717) is 11.5 Å². The van der Waals surface area contributed by atoms with Gasteiger partial charge in [0.1, 0.15) is 0 Å². The Hall–Kier alpha value is 0.270. The molecule has 0 amide bonds. The molecule has 2 rings (SSSR count). The molecule has 2 aliphatic heterocycles. The summed E-state index contributed by atoms with van der Waals surface area (Å²) >= 11 is 2.12. The SMILES string of the molecule is CC1CCCCN1CCCNC1CSCCC1(C)C. The number of thioether (sulfide) groups is 1. The van der Waals surface area contributed by atoms with Crippen LogP contribution in [0.4, 0.5) is 0 Å². The number of hydrogen-bond acceptors (Lipinski definition) is 3. The average Bonchev–Trinajstić information content (AvgIpc) is 2.38. The predicted molar refractivity (Wildman–Crippen MR) is 87.0 cm³/mol. The smallest absolute Gasteiger partial charge is 0.0209 e. The van der Waals surface area contributed by atoms with Gasteiger partial charge in [-0.2, -0.15) is 11.8 Å². The fourth-order valence-electron chi connectivity index (χ4n) is 3.32. The van der Waals surface area contributed by atoms with Crippen molar-refractivity contribution in [3.8, 4) is 0 Å². The van der Waals surface area contributed by atoms with Gasteiger partial charge in [0.25, 0.3) is 0 Å². The first kappa shape index (κ1) is 15.7. The molecule has 2 nitrogen and oxygen atoms in total. The third-order valence-electron chi connectivity index (χ3n) is 5.07. The van der Waals surface area contributed by atoms with Crippen molar-refractivity contribution in [1.29, 1.82) is 0 Å². The average molecular weight is 285 g/mol. The summed E-state index contributed by atoms with van der Waals surface area (Å²) in [6.45, 7) is 11.1. The molecule has 0 bridgehead atoms. The van der Waals surface area contributed by atoms with Crippen LogP contribution in [0.5, 0.6) is 0 Å². The first-order valence-corrected chi connectivity index (χ1v) is 9.30. The van der Waals surface area contributed by atoms with Gasteiger partial charge < -0.3 is 10.2 Å². The molecular weight excluding hydrogens is 252 g/mol. The van der Waals surface area contributed by atoms with Crippen molar-refractivity contribution in [2.75, 3.05) is 31.1 Å². The molecule has 2 heterocycles. The van der Waals surface area contributed by atoms with Crippen LogP contribution < -0.4 is 5.32 Å². The fraction of sp³-hybridized carbons (Fsp3) is 1.00. The van der Waals surface area contributed by atoms with Crippen LogP contribution in [-0.2, 0) is 0 Å². The van der Waals surface area contributed by atoms with Crippen LogP contribution in [0.15, 0.2) is 0 Å². The summed E-state index contributed by atoms with van der Waals surface area (Å²) in [6.07, 6.45) is 6.91. The van der Waals surface area contributed by atoms with E-state index in [1.54, 1.807) is 0 Å². The Balaban J connectivity index is 1.63. The van der Waals surface area contributed by atoms with Crippen LogP contribution in [-0.4, -0.2) is 48.1 Å². The van der Waals surface area contributed by atoms with Crippen molar-refractivity contribution in [2.24, 2.45) is 5.41 Å². The zero-order valence-corrected chi connectivity index (χ0v) is 13.9. The lowest BCUT2D eigenvalue weighted by Gasteiger charge is -2.39. The van der Waals surface area contributed by atoms with Crippen molar-refractivity contribution >= 4 is 11.8 Å². The number of rotatable bonds is 5. The molecule has 2 aliphatic rings.